The molecule has 0 fully saturated rings. The third kappa shape index (κ3) is 2.24. The van der Waals surface area contributed by atoms with Crippen LogP contribution in [0.1, 0.15) is 24.0 Å². The maximum Gasteiger partial charge on any atom is 0.0650 e. The molecule has 1 aliphatic carbocycles. The van der Waals surface area contributed by atoms with E-state index in [0.717, 1.165) is 0 Å². The number of rotatable bonds is 3. The van der Waals surface area contributed by atoms with Gasteiger partial charge in [-0.15, -0.1) is 0 Å². The van der Waals surface area contributed by atoms with Crippen LogP contribution in [0.15, 0.2) is 24.3 Å². The Balaban J connectivity index is 2.26. The molecule has 0 amide bonds. The molecule has 17 heavy (non-hydrogen) atoms. The lowest BCUT2D eigenvalue weighted by atomic mass is 9.91. The van der Waals surface area contributed by atoms with Crippen molar-refractivity contribution < 1.29 is 0 Å². The van der Waals surface area contributed by atoms with Crippen LogP contribution in [0.4, 0.5) is 0 Å². The minimum absolute atomic E-state index is 0.511. The van der Waals surface area contributed by atoms with E-state index in [0.29, 0.717) is 18.0 Å². The van der Waals surface area contributed by atoms with Crippen LogP contribution in [-0.2, 0) is 6.42 Å². The highest BCUT2D eigenvalue weighted by atomic mass is 15.3. The molecule has 1 aromatic carbocycles. The van der Waals surface area contributed by atoms with E-state index in [1.165, 1.54) is 6.42 Å². The normalized spacial score (nSPS) is 23.8. The molecule has 0 bridgehead atoms. The van der Waals surface area contributed by atoms with E-state index < -0.39 is 0 Å². The molecule has 0 unspecified atom stereocenters. The zero-order valence-electron chi connectivity index (χ0n) is 11.6. The number of nitrogens with zero attached hydrogens (tertiary/aromatic N) is 2. The maximum absolute atomic E-state index is 2.37. The number of hydrogen-bond acceptors (Lipinski definition) is 2. The van der Waals surface area contributed by atoms with Gasteiger partial charge in [0.1, 0.15) is 0 Å². The highest BCUT2D eigenvalue weighted by Gasteiger charge is 2.36. The van der Waals surface area contributed by atoms with Gasteiger partial charge in [0.05, 0.1) is 6.17 Å². The average Bonchev–Trinajstić information content (AvgIpc) is 2.56. The van der Waals surface area contributed by atoms with Gasteiger partial charge < -0.3 is 0 Å². The van der Waals surface area contributed by atoms with E-state index in [2.05, 4.69) is 69.2 Å². The Morgan fingerprint density at radius 2 is 1.65 bits per heavy atom. The molecule has 2 heteroatoms. The molecule has 0 N–H and O–H groups in total. The van der Waals surface area contributed by atoms with Gasteiger partial charge in [0.2, 0.25) is 0 Å². The SMILES string of the molecule is C[C@@H]1c2ccccc2C[C@@H]1C(N(C)C)N(C)C. The third-order valence-electron chi connectivity index (χ3n) is 4.08. The van der Waals surface area contributed by atoms with Gasteiger partial charge in [-0.1, -0.05) is 31.2 Å². The van der Waals surface area contributed by atoms with Gasteiger partial charge >= 0.3 is 0 Å². The fourth-order valence-electron chi connectivity index (χ4n) is 3.42. The van der Waals surface area contributed by atoms with Gasteiger partial charge in [-0.2, -0.15) is 0 Å². The summed E-state index contributed by atoms with van der Waals surface area (Å²) in [6.07, 6.45) is 1.72. The molecule has 0 saturated carbocycles. The summed E-state index contributed by atoms with van der Waals surface area (Å²) in [4.78, 5) is 4.68. The van der Waals surface area contributed by atoms with E-state index >= 15 is 0 Å². The number of fused-ring (bicyclic) bond motifs is 1. The number of hydrogen-bond donors (Lipinski definition) is 0. The lowest BCUT2D eigenvalue weighted by Crippen LogP contribution is -2.47. The fraction of sp³-hybridized carbons (Fsp3) is 0.600. The second kappa shape index (κ2) is 4.79. The van der Waals surface area contributed by atoms with Crippen molar-refractivity contribution in [3.63, 3.8) is 0 Å². The molecule has 0 aliphatic heterocycles. The first kappa shape index (κ1) is 12.6. The molecular formula is C15H24N2. The van der Waals surface area contributed by atoms with Crippen molar-refractivity contribution in [2.45, 2.75) is 25.4 Å². The molecule has 0 aromatic heterocycles. The van der Waals surface area contributed by atoms with Crippen LogP contribution in [0, 0.1) is 5.92 Å². The Hall–Kier alpha value is -0.860. The van der Waals surface area contributed by atoms with Crippen LogP contribution in [0.3, 0.4) is 0 Å². The van der Waals surface area contributed by atoms with E-state index in [4.69, 9.17) is 0 Å². The maximum atomic E-state index is 2.37. The third-order valence-corrected chi connectivity index (χ3v) is 4.08. The smallest absolute Gasteiger partial charge is 0.0650 e. The molecule has 0 spiro atoms. The standard InChI is InChI=1S/C15H24N2/c1-11-13-9-7-6-8-12(13)10-14(11)15(16(2)3)17(4)5/h6-9,11,14-15H,10H2,1-5H3/t11-,14+/m1/s1. The first-order valence-corrected chi connectivity index (χ1v) is 6.43. The van der Waals surface area contributed by atoms with Crippen molar-refractivity contribution in [1.29, 1.82) is 0 Å². The van der Waals surface area contributed by atoms with Crippen LogP contribution >= 0.6 is 0 Å². The summed E-state index contributed by atoms with van der Waals surface area (Å²) >= 11 is 0. The largest absolute Gasteiger partial charge is 0.294 e. The summed E-state index contributed by atoms with van der Waals surface area (Å²) in [5.74, 6) is 1.35. The summed E-state index contributed by atoms with van der Waals surface area (Å²) in [5, 5.41) is 0. The Labute approximate surface area is 105 Å². The van der Waals surface area contributed by atoms with E-state index in [1.54, 1.807) is 11.1 Å². The number of benzene rings is 1. The fourth-order valence-corrected chi connectivity index (χ4v) is 3.42. The highest BCUT2D eigenvalue weighted by molar-refractivity contribution is 5.36. The van der Waals surface area contributed by atoms with Crippen LogP contribution in [0.5, 0.6) is 0 Å². The second-order valence-electron chi connectivity index (χ2n) is 5.70. The summed E-state index contributed by atoms with van der Waals surface area (Å²) in [7, 11) is 8.72. The van der Waals surface area contributed by atoms with Crippen molar-refractivity contribution in [2.75, 3.05) is 28.2 Å². The zero-order chi connectivity index (χ0) is 12.6. The summed E-state index contributed by atoms with van der Waals surface area (Å²) < 4.78 is 0. The lowest BCUT2D eigenvalue weighted by molar-refractivity contribution is 0.0649. The molecule has 1 aliphatic rings. The Morgan fingerprint density at radius 3 is 2.18 bits per heavy atom. The molecule has 0 saturated heterocycles. The summed E-state index contributed by atoms with van der Waals surface area (Å²) in [5.41, 5.74) is 3.09. The summed E-state index contributed by atoms with van der Waals surface area (Å²) in [6, 6.07) is 8.91. The monoisotopic (exact) mass is 232 g/mol. The predicted molar refractivity (Wildman–Crippen MR) is 73.2 cm³/mol. The van der Waals surface area contributed by atoms with Crippen molar-refractivity contribution in [2.24, 2.45) is 5.92 Å². The zero-order valence-corrected chi connectivity index (χ0v) is 11.6. The molecule has 2 atom stereocenters. The molecular weight excluding hydrogens is 208 g/mol. The van der Waals surface area contributed by atoms with Crippen LogP contribution in [-0.4, -0.2) is 44.2 Å². The Kier molecular flexibility index (Phi) is 3.55. The molecule has 94 valence electrons. The molecule has 2 nitrogen and oxygen atoms in total. The molecule has 2 rings (SSSR count). The molecule has 1 aromatic rings. The topological polar surface area (TPSA) is 6.48 Å². The van der Waals surface area contributed by atoms with Gasteiger partial charge in [-0.25, -0.2) is 0 Å². The van der Waals surface area contributed by atoms with Gasteiger partial charge in [0.25, 0.3) is 0 Å². The van der Waals surface area contributed by atoms with Gasteiger partial charge in [-0.3, -0.25) is 9.80 Å². The molecule has 0 radical (unpaired) electrons. The average molecular weight is 232 g/mol. The minimum Gasteiger partial charge on any atom is -0.294 e. The quantitative estimate of drug-likeness (QED) is 0.738. The molecule has 0 heterocycles. The van der Waals surface area contributed by atoms with Gasteiger partial charge in [0.15, 0.2) is 0 Å². The minimum atomic E-state index is 0.511. The van der Waals surface area contributed by atoms with Crippen molar-refractivity contribution in [3.05, 3.63) is 35.4 Å². The predicted octanol–water partition coefficient (Wildman–Crippen LogP) is 2.41. The first-order chi connectivity index (χ1) is 8.02. The van der Waals surface area contributed by atoms with Gasteiger partial charge in [-0.05, 0) is 57.6 Å². The van der Waals surface area contributed by atoms with E-state index in [1.807, 2.05) is 0 Å². The van der Waals surface area contributed by atoms with Gasteiger partial charge in [0, 0.05) is 0 Å². The lowest BCUT2D eigenvalue weighted by Gasteiger charge is -2.37. The van der Waals surface area contributed by atoms with Crippen molar-refractivity contribution in [3.8, 4) is 0 Å². The second-order valence-corrected chi connectivity index (χ2v) is 5.70. The Bertz CT molecular complexity index is 376. The van der Waals surface area contributed by atoms with Crippen molar-refractivity contribution >= 4 is 0 Å². The van der Waals surface area contributed by atoms with Crippen LogP contribution in [0.2, 0.25) is 0 Å². The van der Waals surface area contributed by atoms with E-state index in [9.17, 15) is 0 Å². The highest BCUT2D eigenvalue weighted by Crippen LogP contribution is 2.40. The Morgan fingerprint density at radius 1 is 1.06 bits per heavy atom. The van der Waals surface area contributed by atoms with Crippen LogP contribution in [0.25, 0.3) is 0 Å². The summed E-state index contributed by atoms with van der Waals surface area (Å²) in [6.45, 7) is 2.37. The first-order valence-electron chi connectivity index (χ1n) is 6.43. The van der Waals surface area contributed by atoms with Crippen molar-refractivity contribution in [1.82, 2.24) is 9.80 Å². The van der Waals surface area contributed by atoms with E-state index in [-0.39, 0.29) is 0 Å². The van der Waals surface area contributed by atoms with Crippen LogP contribution < -0.4 is 0 Å².